The van der Waals surface area contributed by atoms with Crippen LogP contribution in [0.5, 0.6) is 0 Å². The van der Waals surface area contributed by atoms with Crippen molar-refractivity contribution in [1.82, 2.24) is 0 Å². The van der Waals surface area contributed by atoms with Crippen LogP contribution in [0.4, 0.5) is 0 Å². The Balaban J connectivity index is 1.70. The van der Waals surface area contributed by atoms with Gasteiger partial charge < -0.3 is 0 Å². The van der Waals surface area contributed by atoms with Gasteiger partial charge in [-0.05, 0) is 111 Å². The molecule has 2 fully saturated rings. The van der Waals surface area contributed by atoms with Crippen LogP contribution >= 0.6 is 0 Å². The first-order chi connectivity index (χ1) is 10.9. The topological polar surface area (TPSA) is 0 Å². The van der Waals surface area contributed by atoms with Crippen molar-refractivity contribution in [1.29, 1.82) is 0 Å². The predicted molar refractivity (Wildman–Crippen MR) is 87.5 cm³/mol. The molecule has 2 aliphatic carbocycles. The first-order valence-electron chi connectivity index (χ1n) is 6.40. The van der Waals surface area contributed by atoms with E-state index in [0.29, 0.717) is 0 Å². The summed E-state index contributed by atoms with van der Waals surface area (Å²) < 4.78 is 0. The quantitative estimate of drug-likeness (QED) is 0.590. The summed E-state index contributed by atoms with van der Waals surface area (Å²) in [5.74, 6) is 33.9. The normalized spacial score (nSPS) is 15.8. The SMILES string of the molecule is C(C#CC#CC#C[C]1[CH][CH][CH][CH]1)#CC#CC#C[C]1[CH][CH][CH][CH]1. The van der Waals surface area contributed by atoms with Crippen LogP contribution < -0.4 is 0 Å². The molecule has 2 rings (SSSR count). The molecule has 0 nitrogen and oxygen atoms in total. The highest BCUT2D eigenvalue weighted by molar-refractivity contribution is 5.51. The zero-order chi connectivity index (χ0) is 15.3. The van der Waals surface area contributed by atoms with Crippen LogP contribution in [0, 0.1) is 134 Å². The Labute approximate surface area is 134 Å². The van der Waals surface area contributed by atoms with E-state index >= 15 is 0 Å². The van der Waals surface area contributed by atoms with Gasteiger partial charge in [0.25, 0.3) is 0 Å². The van der Waals surface area contributed by atoms with E-state index in [0.717, 1.165) is 11.8 Å². The van der Waals surface area contributed by atoms with Crippen molar-refractivity contribution in [2.75, 3.05) is 0 Å². The van der Waals surface area contributed by atoms with E-state index in [2.05, 4.69) is 71.0 Å². The summed E-state index contributed by atoms with van der Waals surface area (Å²) in [5.41, 5.74) is 0. The average Bonchev–Trinajstić information content (AvgIpc) is 3.21. The summed E-state index contributed by atoms with van der Waals surface area (Å²) in [5, 5.41) is 0. The van der Waals surface area contributed by atoms with Gasteiger partial charge in [-0.2, -0.15) is 0 Å². The minimum atomic E-state index is 0.945. The minimum absolute atomic E-state index is 0.945. The molecule has 22 heavy (non-hydrogen) atoms. The van der Waals surface area contributed by atoms with Gasteiger partial charge in [-0.3, -0.25) is 0 Å². The Bertz CT molecular complexity index is 662. The molecular weight excluding hydrogens is 264 g/mol. The molecule has 0 unspecified atom stereocenters. The molecular formula is C22H8. The molecule has 0 heteroatoms. The average molecular weight is 272 g/mol. The zero-order valence-corrected chi connectivity index (χ0v) is 11.6. The summed E-state index contributed by atoms with van der Waals surface area (Å²) in [6.45, 7) is 0. The molecule has 0 aromatic carbocycles. The van der Waals surface area contributed by atoms with Gasteiger partial charge in [0.05, 0.1) is 11.8 Å². The predicted octanol–water partition coefficient (Wildman–Crippen LogP) is 1.82. The maximum Gasteiger partial charge on any atom is 0.0564 e. The molecule has 0 N–H and O–H groups in total. The molecule has 2 saturated carbocycles. The number of hydrogen-bond acceptors (Lipinski definition) is 0. The monoisotopic (exact) mass is 272 g/mol. The van der Waals surface area contributed by atoms with Gasteiger partial charge in [0, 0.05) is 0 Å². The smallest absolute Gasteiger partial charge is 0.0564 e. The lowest BCUT2D eigenvalue weighted by molar-refractivity contribution is 1.43. The first-order valence-corrected chi connectivity index (χ1v) is 6.40. The highest BCUT2D eigenvalue weighted by atomic mass is 14.2. The summed E-state index contributed by atoms with van der Waals surface area (Å²) in [6, 6.07) is 0. The molecule has 96 valence electrons. The summed E-state index contributed by atoms with van der Waals surface area (Å²) in [7, 11) is 0. The zero-order valence-electron chi connectivity index (χ0n) is 11.6. The van der Waals surface area contributed by atoms with E-state index in [1.165, 1.54) is 0 Å². The largest absolute Gasteiger partial charge is 0.0800 e. The highest BCUT2D eigenvalue weighted by Crippen LogP contribution is 2.21. The second kappa shape index (κ2) is 10.1. The van der Waals surface area contributed by atoms with E-state index in [9.17, 15) is 0 Å². The molecule has 0 heterocycles. The van der Waals surface area contributed by atoms with Crippen molar-refractivity contribution in [3.8, 4) is 71.0 Å². The van der Waals surface area contributed by atoms with Gasteiger partial charge in [0.15, 0.2) is 0 Å². The fourth-order valence-corrected chi connectivity index (χ4v) is 1.37. The van der Waals surface area contributed by atoms with E-state index in [1.54, 1.807) is 0 Å². The molecule has 0 aromatic heterocycles. The van der Waals surface area contributed by atoms with Crippen LogP contribution in [-0.4, -0.2) is 0 Å². The van der Waals surface area contributed by atoms with Crippen molar-refractivity contribution in [3.05, 3.63) is 63.2 Å². The van der Waals surface area contributed by atoms with Crippen LogP contribution in [0.1, 0.15) is 0 Å². The Morgan fingerprint density at radius 1 is 0.364 bits per heavy atom. The van der Waals surface area contributed by atoms with Crippen molar-refractivity contribution in [3.63, 3.8) is 0 Å². The molecule has 0 atom stereocenters. The van der Waals surface area contributed by atoms with E-state index in [-0.39, 0.29) is 0 Å². The Morgan fingerprint density at radius 3 is 0.955 bits per heavy atom. The molecule has 0 saturated heterocycles. The maximum atomic E-state index is 2.90. The fraction of sp³-hybridized carbons (Fsp3) is 0. The Hall–Kier alpha value is -2.64. The van der Waals surface area contributed by atoms with Gasteiger partial charge in [0.2, 0.25) is 0 Å². The van der Waals surface area contributed by atoms with Crippen molar-refractivity contribution < 1.29 is 0 Å². The van der Waals surface area contributed by atoms with Crippen molar-refractivity contribution in [2.24, 2.45) is 0 Å². The highest BCUT2D eigenvalue weighted by Gasteiger charge is 2.14. The van der Waals surface area contributed by atoms with Crippen molar-refractivity contribution in [2.45, 2.75) is 0 Å². The number of rotatable bonds is 0. The molecule has 0 bridgehead atoms. The maximum absolute atomic E-state index is 2.90. The lowest BCUT2D eigenvalue weighted by Crippen LogP contribution is -1.83. The van der Waals surface area contributed by atoms with Crippen LogP contribution in [0.3, 0.4) is 0 Å². The lowest BCUT2D eigenvalue weighted by atomic mass is 10.1. The lowest BCUT2D eigenvalue weighted by Gasteiger charge is -1.89. The van der Waals surface area contributed by atoms with E-state index < -0.39 is 0 Å². The first kappa shape index (κ1) is 15.7. The Morgan fingerprint density at radius 2 is 0.636 bits per heavy atom. The third-order valence-electron chi connectivity index (χ3n) is 2.30. The Kier molecular flexibility index (Phi) is 7.26. The van der Waals surface area contributed by atoms with Crippen LogP contribution in [0.15, 0.2) is 0 Å². The van der Waals surface area contributed by atoms with Crippen LogP contribution in [0.25, 0.3) is 0 Å². The van der Waals surface area contributed by atoms with Gasteiger partial charge in [0.1, 0.15) is 0 Å². The second-order valence-corrected chi connectivity index (χ2v) is 3.85. The van der Waals surface area contributed by atoms with Crippen LogP contribution in [0.2, 0.25) is 0 Å². The van der Waals surface area contributed by atoms with E-state index in [4.69, 9.17) is 0 Å². The van der Waals surface area contributed by atoms with E-state index in [1.807, 2.05) is 51.4 Å². The van der Waals surface area contributed by atoms with Crippen LogP contribution in [-0.2, 0) is 0 Å². The molecule has 10 radical (unpaired) electrons. The molecule has 0 amide bonds. The summed E-state index contributed by atoms with van der Waals surface area (Å²) in [6.07, 6.45) is 15.4. The summed E-state index contributed by atoms with van der Waals surface area (Å²) in [4.78, 5) is 0. The van der Waals surface area contributed by atoms with Gasteiger partial charge in [-0.25, -0.2) is 0 Å². The molecule has 0 aromatic rings. The minimum Gasteiger partial charge on any atom is -0.0800 e. The molecule has 2 aliphatic rings. The van der Waals surface area contributed by atoms with Gasteiger partial charge in [-0.1, -0.05) is 11.8 Å². The molecule has 0 aliphatic heterocycles. The third-order valence-corrected chi connectivity index (χ3v) is 2.30. The fourth-order valence-electron chi connectivity index (χ4n) is 1.37. The third kappa shape index (κ3) is 6.69. The summed E-state index contributed by atoms with van der Waals surface area (Å²) >= 11 is 0. The molecule has 0 spiro atoms. The standard InChI is InChI=1S/C22H8/c1(3-5-7-9-15-21-17-11-12-18-21)2-4-6-8-10-16-22-19-13-14-20-22/h11-14,17-20H. The van der Waals surface area contributed by atoms with Gasteiger partial charge >= 0.3 is 0 Å². The van der Waals surface area contributed by atoms with Gasteiger partial charge in [-0.15, -0.1) is 0 Å². The second-order valence-electron chi connectivity index (χ2n) is 3.85. The number of hydrogen-bond donors (Lipinski definition) is 0. The van der Waals surface area contributed by atoms with Crippen molar-refractivity contribution >= 4 is 0 Å².